The molecule has 1 fully saturated rings. The van der Waals surface area contributed by atoms with E-state index in [0.29, 0.717) is 18.9 Å². The maximum Gasteiger partial charge on any atom is 0.220 e. The van der Waals surface area contributed by atoms with E-state index in [1.54, 1.807) is 12.5 Å². The summed E-state index contributed by atoms with van der Waals surface area (Å²) in [6, 6.07) is 8.18. The van der Waals surface area contributed by atoms with Crippen LogP contribution < -0.4 is 5.32 Å². The number of hydrogen-bond donors (Lipinski definition) is 1. The van der Waals surface area contributed by atoms with Gasteiger partial charge in [0.15, 0.2) is 0 Å². The number of rotatable bonds is 5. The van der Waals surface area contributed by atoms with Crippen molar-refractivity contribution in [1.82, 2.24) is 14.9 Å². The maximum atomic E-state index is 11.9. The molecule has 0 atom stereocenters. The van der Waals surface area contributed by atoms with Gasteiger partial charge in [-0.05, 0) is 36.5 Å². The molecule has 0 aliphatic heterocycles. The van der Waals surface area contributed by atoms with Crippen LogP contribution in [-0.2, 0) is 11.3 Å². The Morgan fingerprint density at radius 2 is 2.00 bits per heavy atom. The molecule has 0 saturated heterocycles. The molecule has 1 aromatic heterocycles. The predicted octanol–water partition coefficient (Wildman–Crippen LogP) is 3.07. The fourth-order valence-corrected chi connectivity index (χ4v) is 2.95. The van der Waals surface area contributed by atoms with E-state index in [2.05, 4.69) is 10.3 Å². The first-order chi connectivity index (χ1) is 10.3. The van der Waals surface area contributed by atoms with Gasteiger partial charge in [-0.25, -0.2) is 4.98 Å². The molecule has 110 valence electrons. The van der Waals surface area contributed by atoms with E-state index in [-0.39, 0.29) is 5.91 Å². The van der Waals surface area contributed by atoms with Gasteiger partial charge in [0.2, 0.25) is 5.91 Å². The number of nitrogens with one attached hydrogen (secondary N) is 1. The zero-order valence-corrected chi connectivity index (χ0v) is 12.2. The summed E-state index contributed by atoms with van der Waals surface area (Å²) in [6.45, 7) is 0.607. The van der Waals surface area contributed by atoms with Crippen molar-refractivity contribution in [3.63, 3.8) is 0 Å². The first-order valence-corrected chi connectivity index (χ1v) is 7.65. The second kappa shape index (κ2) is 6.57. The molecule has 3 rings (SSSR count). The molecule has 0 radical (unpaired) electrons. The molecule has 1 amide bonds. The smallest absolute Gasteiger partial charge is 0.220 e. The lowest BCUT2D eigenvalue weighted by Gasteiger charge is -2.10. The van der Waals surface area contributed by atoms with Gasteiger partial charge in [0.05, 0.1) is 6.33 Å². The molecule has 1 heterocycles. The Balaban J connectivity index is 1.50. The number of hydrogen-bond acceptors (Lipinski definition) is 2. The van der Waals surface area contributed by atoms with Crippen LogP contribution in [0.5, 0.6) is 0 Å². The van der Waals surface area contributed by atoms with Gasteiger partial charge in [-0.1, -0.05) is 25.0 Å². The number of benzene rings is 1. The summed E-state index contributed by atoms with van der Waals surface area (Å²) in [5.41, 5.74) is 2.20. The molecule has 1 saturated carbocycles. The summed E-state index contributed by atoms with van der Waals surface area (Å²) in [4.78, 5) is 15.9. The molecule has 1 aromatic carbocycles. The van der Waals surface area contributed by atoms with Gasteiger partial charge in [-0.2, -0.15) is 0 Å². The third-order valence-corrected chi connectivity index (χ3v) is 4.18. The quantitative estimate of drug-likeness (QED) is 0.916. The van der Waals surface area contributed by atoms with Crippen LogP contribution in [0.4, 0.5) is 0 Å². The maximum absolute atomic E-state index is 11.9. The molecule has 1 N–H and O–H groups in total. The van der Waals surface area contributed by atoms with Crippen LogP contribution in [0.25, 0.3) is 5.69 Å². The lowest BCUT2D eigenvalue weighted by atomic mass is 10.0. The van der Waals surface area contributed by atoms with E-state index >= 15 is 0 Å². The minimum Gasteiger partial charge on any atom is -0.352 e. The van der Waals surface area contributed by atoms with Crippen molar-refractivity contribution in [3.05, 3.63) is 48.5 Å². The first-order valence-electron chi connectivity index (χ1n) is 7.65. The highest BCUT2D eigenvalue weighted by atomic mass is 16.1. The monoisotopic (exact) mass is 283 g/mol. The SMILES string of the molecule is O=C(CC1CCCC1)NCc1ccc(-n2ccnc2)cc1. The number of amides is 1. The fraction of sp³-hybridized carbons (Fsp3) is 0.412. The predicted molar refractivity (Wildman–Crippen MR) is 82.0 cm³/mol. The molecule has 0 bridgehead atoms. The standard InChI is InChI=1S/C17H21N3O/c21-17(11-14-3-1-2-4-14)19-12-15-5-7-16(8-6-15)20-10-9-18-13-20/h5-10,13-14H,1-4,11-12H2,(H,19,21). The van der Waals surface area contributed by atoms with Gasteiger partial charge in [0.1, 0.15) is 0 Å². The van der Waals surface area contributed by atoms with E-state index in [4.69, 9.17) is 0 Å². The molecule has 21 heavy (non-hydrogen) atoms. The minimum atomic E-state index is 0.181. The van der Waals surface area contributed by atoms with E-state index in [1.807, 2.05) is 35.0 Å². The minimum absolute atomic E-state index is 0.181. The van der Waals surface area contributed by atoms with Gasteiger partial charge < -0.3 is 9.88 Å². The van der Waals surface area contributed by atoms with E-state index in [0.717, 1.165) is 11.3 Å². The van der Waals surface area contributed by atoms with Crippen molar-refractivity contribution >= 4 is 5.91 Å². The molecule has 2 aromatic rings. The molecule has 1 aliphatic carbocycles. The lowest BCUT2D eigenvalue weighted by Crippen LogP contribution is -2.24. The van der Waals surface area contributed by atoms with E-state index in [9.17, 15) is 4.79 Å². The molecule has 0 spiro atoms. The lowest BCUT2D eigenvalue weighted by molar-refractivity contribution is -0.122. The van der Waals surface area contributed by atoms with Crippen LogP contribution in [0.15, 0.2) is 43.0 Å². The molecular formula is C17H21N3O. The average Bonchev–Trinajstić information content (AvgIpc) is 3.19. The summed E-state index contributed by atoms with van der Waals surface area (Å²) < 4.78 is 1.96. The zero-order valence-electron chi connectivity index (χ0n) is 12.2. The van der Waals surface area contributed by atoms with Crippen molar-refractivity contribution < 1.29 is 4.79 Å². The summed E-state index contributed by atoms with van der Waals surface area (Å²) in [5.74, 6) is 0.786. The Hall–Kier alpha value is -2.10. The number of carbonyl (C=O) groups excluding carboxylic acids is 1. The van der Waals surface area contributed by atoms with Crippen LogP contribution in [0.3, 0.4) is 0 Å². The van der Waals surface area contributed by atoms with Gasteiger partial charge in [0, 0.05) is 31.0 Å². The fourth-order valence-electron chi connectivity index (χ4n) is 2.95. The summed E-state index contributed by atoms with van der Waals surface area (Å²) in [6.07, 6.45) is 11.1. The Morgan fingerprint density at radius 1 is 1.24 bits per heavy atom. The van der Waals surface area contributed by atoms with Crippen LogP contribution in [0.2, 0.25) is 0 Å². The second-order valence-electron chi connectivity index (χ2n) is 5.77. The molecule has 0 unspecified atom stereocenters. The first kappa shape index (κ1) is 13.9. The third-order valence-electron chi connectivity index (χ3n) is 4.18. The summed E-state index contributed by atoms with van der Waals surface area (Å²) in [5, 5.41) is 3.02. The Morgan fingerprint density at radius 3 is 2.67 bits per heavy atom. The largest absolute Gasteiger partial charge is 0.352 e. The van der Waals surface area contributed by atoms with E-state index < -0.39 is 0 Å². The van der Waals surface area contributed by atoms with Crippen LogP contribution in [0.1, 0.15) is 37.7 Å². The van der Waals surface area contributed by atoms with Crippen LogP contribution >= 0.6 is 0 Å². The number of carbonyl (C=O) groups is 1. The topological polar surface area (TPSA) is 46.9 Å². The highest BCUT2D eigenvalue weighted by Crippen LogP contribution is 2.27. The number of imidazole rings is 1. The Kier molecular flexibility index (Phi) is 4.34. The van der Waals surface area contributed by atoms with E-state index in [1.165, 1.54) is 25.7 Å². The molecule has 1 aliphatic rings. The van der Waals surface area contributed by atoms with Gasteiger partial charge >= 0.3 is 0 Å². The summed E-state index contributed by atoms with van der Waals surface area (Å²) in [7, 11) is 0. The van der Waals surface area contributed by atoms with Gasteiger partial charge in [-0.3, -0.25) is 4.79 Å². The van der Waals surface area contributed by atoms with Crippen LogP contribution in [0, 0.1) is 5.92 Å². The van der Waals surface area contributed by atoms with Crippen molar-refractivity contribution in [2.24, 2.45) is 5.92 Å². The average molecular weight is 283 g/mol. The van der Waals surface area contributed by atoms with Crippen molar-refractivity contribution in [3.8, 4) is 5.69 Å². The zero-order chi connectivity index (χ0) is 14.5. The highest BCUT2D eigenvalue weighted by Gasteiger charge is 2.17. The van der Waals surface area contributed by atoms with Gasteiger partial charge in [0.25, 0.3) is 0 Å². The van der Waals surface area contributed by atoms with Crippen molar-refractivity contribution in [2.75, 3.05) is 0 Å². The normalized spacial score (nSPS) is 15.2. The number of nitrogens with zero attached hydrogens (tertiary/aromatic N) is 2. The molecule has 4 heteroatoms. The van der Waals surface area contributed by atoms with Gasteiger partial charge in [-0.15, -0.1) is 0 Å². The number of aromatic nitrogens is 2. The van der Waals surface area contributed by atoms with Crippen molar-refractivity contribution in [2.45, 2.75) is 38.6 Å². The molecule has 4 nitrogen and oxygen atoms in total. The Labute approximate surface area is 125 Å². The second-order valence-corrected chi connectivity index (χ2v) is 5.77. The molecular weight excluding hydrogens is 262 g/mol. The van der Waals surface area contributed by atoms with Crippen molar-refractivity contribution in [1.29, 1.82) is 0 Å². The summed E-state index contributed by atoms with van der Waals surface area (Å²) >= 11 is 0. The third kappa shape index (κ3) is 3.72. The van der Waals surface area contributed by atoms with Crippen LogP contribution in [-0.4, -0.2) is 15.5 Å². The Bertz CT molecular complexity index is 569. The highest BCUT2D eigenvalue weighted by molar-refractivity contribution is 5.76.